The van der Waals surface area contributed by atoms with Crippen LogP contribution in [0.15, 0.2) is 66.2 Å². The average Bonchev–Trinajstić information content (AvgIpc) is 2.98. The number of nitrogens with one attached hydrogen (secondary N) is 1. The Balaban J connectivity index is 1.78. The van der Waals surface area contributed by atoms with E-state index in [1.807, 2.05) is 0 Å². The molecule has 0 amide bonds. The number of rotatable bonds is 14. The maximum atomic E-state index is 13.0. The molecule has 0 radical (unpaired) electrons. The van der Waals surface area contributed by atoms with E-state index in [2.05, 4.69) is 5.32 Å². The number of ketones is 1. The minimum Gasteiger partial charge on any atom is -0.496 e. The van der Waals surface area contributed by atoms with Crippen molar-refractivity contribution in [2.24, 2.45) is 0 Å². The molecule has 1 N–H and O–H groups in total. The maximum Gasteiger partial charge on any atom is 0.187 e. The van der Waals surface area contributed by atoms with Crippen molar-refractivity contribution in [1.82, 2.24) is 0 Å². The molecule has 11 heteroatoms. The van der Waals surface area contributed by atoms with Gasteiger partial charge in [0.2, 0.25) is 0 Å². The Kier molecular flexibility index (Phi) is 10.6. The molecular weight excluding hydrogens is 550 g/mol. The molecule has 0 heterocycles. The molecule has 0 aliphatic heterocycles. The minimum atomic E-state index is -3.70. The normalized spacial score (nSPS) is 11.4. The van der Waals surface area contributed by atoms with Crippen molar-refractivity contribution in [2.45, 2.75) is 5.75 Å². The highest BCUT2D eigenvalue weighted by atomic mass is 32.2. The molecule has 0 saturated heterocycles. The van der Waals surface area contributed by atoms with Crippen LogP contribution in [0, 0.1) is 0 Å². The third-order valence-electron chi connectivity index (χ3n) is 5.97. The lowest BCUT2D eigenvalue weighted by molar-refractivity contribution is 0.104. The van der Waals surface area contributed by atoms with Gasteiger partial charge in [0.25, 0.3) is 0 Å². The molecule has 218 valence electrons. The van der Waals surface area contributed by atoms with Gasteiger partial charge in [0.15, 0.2) is 27.1 Å². The molecule has 0 fully saturated rings. The molecule has 3 aromatic carbocycles. The summed E-state index contributed by atoms with van der Waals surface area (Å²) < 4.78 is 57.9. The van der Waals surface area contributed by atoms with Gasteiger partial charge in [-0.2, -0.15) is 0 Å². The van der Waals surface area contributed by atoms with E-state index in [9.17, 15) is 13.2 Å². The van der Waals surface area contributed by atoms with Gasteiger partial charge in [-0.15, -0.1) is 0 Å². The summed E-state index contributed by atoms with van der Waals surface area (Å²) in [6.07, 6.45) is 4.23. The van der Waals surface area contributed by atoms with Crippen LogP contribution in [0.5, 0.6) is 34.5 Å². The minimum absolute atomic E-state index is 0.273. The third kappa shape index (κ3) is 7.95. The zero-order chi connectivity index (χ0) is 30.0. The van der Waals surface area contributed by atoms with E-state index in [0.717, 1.165) is 5.41 Å². The first kappa shape index (κ1) is 30.9. The van der Waals surface area contributed by atoms with Crippen molar-refractivity contribution in [3.05, 3.63) is 82.9 Å². The molecule has 0 aliphatic rings. The number of carbonyl (C=O) groups excluding carboxylic acids is 1. The first-order valence-electron chi connectivity index (χ1n) is 12.3. The van der Waals surface area contributed by atoms with Gasteiger partial charge < -0.3 is 33.7 Å². The summed E-state index contributed by atoms with van der Waals surface area (Å²) in [6.45, 7) is 0. The summed E-state index contributed by atoms with van der Waals surface area (Å²) in [5.74, 6) is 2.18. The monoisotopic (exact) mass is 583 g/mol. The van der Waals surface area contributed by atoms with Gasteiger partial charge in [-0.05, 0) is 42.0 Å². The number of sulfone groups is 1. The standard InChI is InChI=1S/C30H33NO9S/c1-35-22-17-28(38-4)23(29(18-22)39-5)12-14-41(33,34)19-20-7-9-26(36-2)24(15-20)31-13-11-25(32)21-8-10-27(37-3)30(16-21)40-6/h7-18,31H,19H2,1-6H3/b13-11-,14-12+. The van der Waals surface area contributed by atoms with Crippen LogP contribution in [0.3, 0.4) is 0 Å². The highest BCUT2D eigenvalue weighted by Gasteiger charge is 2.15. The second-order valence-corrected chi connectivity index (χ2v) is 10.4. The van der Waals surface area contributed by atoms with Crippen LogP contribution in [-0.4, -0.2) is 56.9 Å². The van der Waals surface area contributed by atoms with Gasteiger partial charge in [0.1, 0.15) is 23.0 Å². The number of anilines is 1. The first-order chi connectivity index (χ1) is 19.7. The Hall–Kier alpha value is -4.64. The Morgan fingerprint density at radius 3 is 1.93 bits per heavy atom. The highest BCUT2D eigenvalue weighted by Crippen LogP contribution is 2.35. The largest absolute Gasteiger partial charge is 0.496 e. The van der Waals surface area contributed by atoms with Crippen LogP contribution < -0.4 is 33.7 Å². The summed E-state index contributed by atoms with van der Waals surface area (Å²) in [5.41, 5.74) is 1.86. The van der Waals surface area contributed by atoms with Crippen molar-refractivity contribution in [2.75, 3.05) is 48.0 Å². The molecule has 0 atom stereocenters. The number of methoxy groups -OCH3 is 6. The average molecular weight is 584 g/mol. The van der Waals surface area contributed by atoms with Crippen molar-refractivity contribution < 1.29 is 41.6 Å². The number of allylic oxidation sites excluding steroid dienone is 1. The second kappa shape index (κ2) is 14.1. The lowest BCUT2D eigenvalue weighted by Gasteiger charge is -2.13. The number of benzene rings is 3. The van der Waals surface area contributed by atoms with Crippen molar-refractivity contribution in [3.63, 3.8) is 0 Å². The van der Waals surface area contributed by atoms with Crippen LogP contribution in [-0.2, 0) is 15.6 Å². The third-order valence-corrected chi connectivity index (χ3v) is 7.25. The smallest absolute Gasteiger partial charge is 0.187 e. The van der Waals surface area contributed by atoms with Gasteiger partial charge >= 0.3 is 0 Å². The van der Waals surface area contributed by atoms with Crippen molar-refractivity contribution in [1.29, 1.82) is 0 Å². The lowest BCUT2D eigenvalue weighted by atomic mass is 10.1. The van der Waals surface area contributed by atoms with Gasteiger partial charge in [-0.1, -0.05) is 6.07 Å². The van der Waals surface area contributed by atoms with Crippen molar-refractivity contribution in [3.8, 4) is 34.5 Å². The Bertz CT molecular complexity index is 1520. The molecule has 3 rings (SSSR count). The fourth-order valence-electron chi connectivity index (χ4n) is 3.90. The van der Waals surface area contributed by atoms with Gasteiger partial charge in [-0.3, -0.25) is 4.79 Å². The maximum absolute atomic E-state index is 13.0. The van der Waals surface area contributed by atoms with Gasteiger partial charge in [-0.25, -0.2) is 8.42 Å². The molecule has 0 unspecified atom stereocenters. The lowest BCUT2D eigenvalue weighted by Crippen LogP contribution is -2.03. The highest BCUT2D eigenvalue weighted by molar-refractivity contribution is 7.93. The molecule has 0 aromatic heterocycles. The number of carbonyl (C=O) groups is 1. The summed E-state index contributed by atoms with van der Waals surface area (Å²) in [5, 5.41) is 4.11. The Morgan fingerprint density at radius 1 is 0.732 bits per heavy atom. The van der Waals surface area contributed by atoms with Crippen LogP contribution in [0.25, 0.3) is 6.08 Å². The van der Waals surface area contributed by atoms with Crippen LogP contribution in [0.4, 0.5) is 5.69 Å². The zero-order valence-corrected chi connectivity index (χ0v) is 24.5. The fourth-order valence-corrected chi connectivity index (χ4v) is 4.98. The van der Waals surface area contributed by atoms with Gasteiger partial charge in [0, 0.05) is 35.4 Å². The van der Waals surface area contributed by atoms with E-state index in [0.29, 0.717) is 56.9 Å². The molecule has 0 bridgehead atoms. The summed E-state index contributed by atoms with van der Waals surface area (Å²) in [6, 6.07) is 13.1. The van der Waals surface area contributed by atoms with Crippen LogP contribution in [0.2, 0.25) is 0 Å². The molecule has 0 spiro atoms. The Labute approximate surface area is 240 Å². The quantitative estimate of drug-likeness (QED) is 0.202. The van der Waals surface area contributed by atoms with Crippen molar-refractivity contribution >= 4 is 27.4 Å². The van der Waals surface area contributed by atoms with E-state index in [1.165, 1.54) is 61.0 Å². The van der Waals surface area contributed by atoms with E-state index in [-0.39, 0.29) is 11.5 Å². The van der Waals surface area contributed by atoms with E-state index < -0.39 is 9.84 Å². The topological polar surface area (TPSA) is 119 Å². The molecule has 0 aliphatic carbocycles. The first-order valence-corrected chi connectivity index (χ1v) is 14.0. The number of hydrogen-bond donors (Lipinski definition) is 1. The van der Waals surface area contributed by atoms with E-state index >= 15 is 0 Å². The molecule has 41 heavy (non-hydrogen) atoms. The van der Waals surface area contributed by atoms with Crippen LogP contribution >= 0.6 is 0 Å². The molecule has 3 aromatic rings. The van der Waals surface area contributed by atoms with E-state index in [4.69, 9.17) is 28.4 Å². The molecular formula is C30H33NO9S. The zero-order valence-electron chi connectivity index (χ0n) is 23.7. The summed E-state index contributed by atoms with van der Waals surface area (Å²) in [7, 11) is 5.26. The molecule has 10 nitrogen and oxygen atoms in total. The molecule has 0 saturated carbocycles. The fraction of sp³-hybridized carbons (Fsp3) is 0.233. The summed E-state index contributed by atoms with van der Waals surface area (Å²) >= 11 is 0. The van der Waals surface area contributed by atoms with Gasteiger partial charge in [0.05, 0.1) is 59.7 Å². The van der Waals surface area contributed by atoms with E-state index in [1.54, 1.807) is 48.5 Å². The summed E-state index contributed by atoms with van der Waals surface area (Å²) in [4.78, 5) is 12.7. The second-order valence-electron chi connectivity index (χ2n) is 8.50. The SMILES string of the molecule is COc1cc(OC)c(/C=C/S(=O)(=O)Cc2ccc(OC)c(N/C=C\C(=O)c3ccc(OC)c(OC)c3)c2)c(OC)c1. The number of hydrogen-bond acceptors (Lipinski definition) is 10. The van der Waals surface area contributed by atoms with Crippen LogP contribution in [0.1, 0.15) is 21.5 Å². The Morgan fingerprint density at radius 2 is 1.34 bits per heavy atom. The predicted molar refractivity (Wildman–Crippen MR) is 157 cm³/mol. The predicted octanol–water partition coefficient (Wildman–Crippen LogP) is 5.13. The number of ether oxygens (including phenoxy) is 6.